The first kappa shape index (κ1) is 10.9. The van der Waals surface area contributed by atoms with Gasteiger partial charge in [-0.3, -0.25) is 0 Å². The van der Waals surface area contributed by atoms with Gasteiger partial charge in [0, 0.05) is 39.3 Å². The first-order valence-electron chi connectivity index (χ1n) is 4.62. The summed E-state index contributed by atoms with van der Waals surface area (Å²) in [5, 5.41) is 9.91. The van der Waals surface area contributed by atoms with Crippen LogP contribution in [0.4, 0.5) is 0 Å². The molecule has 1 heterocycles. The summed E-state index contributed by atoms with van der Waals surface area (Å²) in [6.45, 7) is 10.6. The fraction of sp³-hybridized carbons (Fsp3) is 1.00. The highest BCUT2D eigenvalue weighted by Crippen LogP contribution is 1.65. The minimum Gasteiger partial charge on any atom is -0.314 e. The van der Waals surface area contributed by atoms with Crippen molar-refractivity contribution in [2.24, 2.45) is 0 Å². The molecule has 0 bridgehead atoms. The molecule has 1 aliphatic heterocycles. The molecule has 68 valence electrons. The van der Waals surface area contributed by atoms with Gasteiger partial charge in [-0.1, -0.05) is 13.8 Å². The van der Waals surface area contributed by atoms with Crippen LogP contribution in [0.15, 0.2) is 0 Å². The highest BCUT2D eigenvalue weighted by Gasteiger charge is 1.91. The molecule has 3 N–H and O–H groups in total. The van der Waals surface area contributed by atoms with Crippen LogP contribution in [0.25, 0.3) is 0 Å². The van der Waals surface area contributed by atoms with E-state index >= 15 is 0 Å². The predicted molar refractivity (Wildman–Crippen MR) is 50.0 cm³/mol. The second-order valence-corrected chi connectivity index (χ2v) is 2.25. The Morgan fingerprint density at radius 2 is 0.727 bits per heavy atom. The van der Waals surface area contributed by atoms with Gasteiger partial charge in [-0.05, 0) is 0 Å². The number of hydrogen-bond acceptors (Lipinski definition) is 3. The van der Waals surface area contributed by atoms with Crippen LogP contribution in [0.5, 0.6) is 0 Å². The molecule has 1 rings (SSSR count). The van der Waals surface area contributed by atoms with E-state index in [2.05, 4.69) is 16.0 Å². The maximum atomic E-state index is 3.30. The Morgan fingerprint density at radius 3 is 0.909 bits per heavy atom. The Hall–Kier alpha value is -0.120. The summed E-state index contributed by atoms with van der Waals surface area (Å²) < 4.78 is 0. The van der Waals surface area contributed by atoms with Gasteiger partial charge in [-0.15, -0.1) is 0 Å². The van der Waals surface area contributed by atoms with E-state index in [0.717, 1.165) is 39.3 Å². The van der Waals surface area contributed by atoms with Gasteiger partial charge >= 0.3 is 0 Å². The van der Waals surface area contributed by atoms with Crippen LogP contribution in [0, 0.1) is 0 Å². The highest BCUT2D eigenvalue weighted by molar-refractivity contribution is 4.59. The average Bonchev–Trinajstić information content (AvgIpc) is 2.22. The van der Waals surface area contributed by atoms with E-state index in [4.69, 9.17) is 0 Å². The molecule has 0 radical (unpaired) electrons. The lowest BCUT2D eigenvalue weighted by Crippen LogP contribution is -2.27. The summed E-state index contributed by atoms with van der Waals surface area (Å²) in [7, 11) is 0. The largest absolute Gasteiger partial charge is 0.314 e. The average molecular weight is 159 g/mol. The molecule has 0 aromatic carbocycles. The molecule has 0 aliphatic carbocycles. The molecule has 0 unspecified atom stereocenters. The van der Waals surface area contributed by atoms with Crippen LogP contribution in [0.1, 0.15) is 13.8 Å². The highest BCUT2D eigenvalue weighted by atomic mass is 15.0. The van der Waals surface area contributed by atoms with Gasteiger partial charge in [-0.2, -0.15) is 0 Å². The second kappa shape index (κ2) is 9.88. The normalized spacial score (nSPS) is 20.2. The summed E-state index contributed by atoms with van der Waals surface area (Å²) in [6, 6.07) is 0. The molecule has 11 heavy (non-hydrogen) atoms. The van der Waals surface area contributed by atoms with Gasteiger partial charge in [0.15, 0.2) is 0 Å². The van der Waals surface area contributed by atoms with E-state index in [9.17, 15) is 0 Å². The standard InChI is InChI=1S/C6H15N3.C2H6/c1-2-8-5-6-9-4-3-7-1;1-2/h7-9H,1-6H2;1-2H3. The fourth-order valence-electron chi connectivity index (χ4n) is 0.905. The minimum absolute atomic E-state index is 1.10. The maximum Gasteiger partial charge on any atom is 0.00772 e. The van der Waals surface area contributed by atoms with Crippen molar-refractivity contribution in [1.29, 1.82) is 0 Å². The zero-order valence-electron chi connectivity index (χ0n) is 7.74. The fourth-order valence-corrected chi connectivity index (χ4v) is 0.905. The Morgan fingerprint density at radius 1 is 0.545 bits per heavy atom. The molecule has 0 saturated carbocycles. The van der Waals surface area contributed by atoms with Crippen molar-refractivity contribution in [3.05, 3.63) is 0 Å². The van der Waals surface area contributed by atoms with Crippen molar-refractivity contribution >= 4 is 0 Å². The quantitative estimate of drug-likeness (QED) is 0.458. The molecular formula is C8H21N3. The van der Waals surface area contributed by atoms with Crippen LogP contribution in [0.2, 0.25) is 0 Å². The Labute approximate surface area is 69.9 Å². The van der Waals surface area contributed by atoms with Crippen molar-refractivity contribution in [2.45, 2.75) is 13.8 Å². The molecule has 1 saturated heterocycles. The molecule has 0 amide bonds. The SMILES string of the molecule is C1CNCCNCCN1.CC. The zero-order valence-corrected chi connectivity index (χ0v) is 7.74. The molecule has 3 heteroatoms. The summed E-state index contributed by atoms with van der Waals surface area (Å²) in [5.41, 5.74) is 0. The smallest absolute Gasteiger partial charge is 0.00772 e. The molecule has 1 fully saturated rings. The molecule has 1 aliphatic rings. The van der Waals surface area contributed by atoms with Gasteiger partial charge in [0.1, 0.15) is 0 Å². The Bertz CT molecular complexity index is 37.8. The summed E-state index contributed by atoms with van der Waals surface area (Å²) in [5.74, 6) is 0. The van der Waals surface area contributed by atoms with Crippen LogP contribution in [-0.2, 0) is 0 Å². The van der Waals surface area contributed by atoms with E-state index in [1.54, 1.807) is 0 Å². The third-order valence-corrected chi connectivity index (χ3v) is 1.44. The molecular weight excluding hydrogens is 138 g/mol. The van der Waals surface area contributed by atoms with Gasteiger partial charge in [0.2, 0.25) is 0 Å². The van der Waals surface area contributed by atoms with E-state index in [0.29, 0.717) is 0 Å². The maximum absolute atomic E-state index is 3.30. The van der Waals surface area contributed by atoms with E-state index < -0.39 is 0 Å². The lowest BCUT2D eigenvalue weighted by molar-refractivity contribution is 0.652. The number of nitrogens with one attached hydrogen (secondary N) is 3. The molecule has 0 atom stereocenters. The molecule has 0 aromatic rings. The van der Waals surface area contributed by atoms with Crippen molar-refractivity contribution < 1.29 is 0 Å². The Balaban J connectivity index is 0.000000461. The third-order valence-electron chi connectivity index (χ3n) is 1.44. The predicted octanol–water partition coefficient (Wildman–Crippen LogP) is -0.205. The van der Waals surface area contributed by atoms with Gasteiger partial charge < -0.3 is 16.0 Å². The van der Waals surface area contributed by atoms with E-state index in [-0.39, 0.29) is 0 Å². The van der Waals surface area contributed by atoms with Crippen molar-refractivity contribution in [2.75, 3.05) is 39.3 Å². The molecule has 0 aromatic heterocycles. The Kier molecular flexibility index (Phi) is 9.77. The lowest BCUT2D eigenvalue weighted by atomic mass is 10.6. The van der Waals surface area contributed by atoms with Crippen LogP contribution in [0.3, 0.4) is 0 Å². The van der Waals surface area contributed by atoms with Gasteiger partial charge in [0.25, 0.3) is 0 Å². The monoisotopic (exact) mass is 159 g/mol. The summed E-state index contributed by atoms with van der Waals surface area (Å²) in [4.78, 5) is 0. The molecule has 3 nitrogen and oxygen atoms in total. The number of hydrogen-bond donors (Lipinski definition) is 3. The zero-order chi connectivity index (χ0) is 8.36. The minimum atomic E-state index is 1.10. The number of rotatable bonds is 0. The van der Waals surface area contributed by atoms with E-state index in [1.165, 1.54) is 0 Å². The summed E-state index contributed by atoms with van der Waals surface area (Å²) >= 11 is 0. The van der Waals surface area contributed by atoms with Crippen molar-refractivity contribution in [3.8, 4) is 0 Å². The second-order valence-electron chi connectivity index (χ2n) is 2.25. The van der Waals surface area contributed by atoms with Crippen LogP contribution < -0.4 is 16.0 Å². The van der Waals surface area contributed by atoms with Crippen LogP contribution in [-0.4, -0.2) is 39.3 Å². The third kappa shape index (κ3) is 7.78. The lowest BCUT2D eigenvalue weighted by Gasteiger charge is -1.99. The first-order chi connectivity index (χ1) is 5.50. The van der Waals surface area contributed by atoms with Crippen molar-refractivity contribution in [1.82, 2.24) is 16.0 Å². The van der Waals surface area contributed by atoms with Gasteiger partial charge in [-0.25, -0.2) is 0 Å². The van der Waals surface area contributed by atoms with Crippen molar-refractivity contribution in [3.63, 3.8) is 0 Å². The molecule has 0 spiro atoms. The topological polar surface area (TPSA) is 36.1 Å². The van der Waals surface area contributed by atoms with Gasteiger partial charge in [0.05, 0.1) is 0 Å². The van der Waals surface area contributed by atoms with E-state index in [1.807, 2.05) is 13.8 Å². The summed E-state index contributed by atoms with van der Waals surface area (Å²) in [6.07, 6.45) is 0. The first-order valence-corrected chi connectivity index (χ1v) is 4.62. The van der Waals surface area contributed by atoms with Crippen LogP contribution >= 0.6 is 0 Å².